The minimum atomic E-state index is -0.400. The Kier molecular flexibility index (Phi) is 5.59. The van der Waals surface area contributed by atoms with Gasteiger partial charge in [0.1, 0.15) is 0 Å². The highest BCUT2D eigenvalue weighted by molar-refractivity contribution is 7.10. The lowest BCUT2D eigenvalue weighted by molar-refractivity contribution is -0.121. The number of amides is 1. The topological polar surface area (TPSA) is 55.8 Å². The number of thiophene rings is 1. The third-order valence-electron chi connectivity index (χ3n) is 5.19. The first-order valence-electron chi connectivity index (χ1n) is 8.79. The Morgan fingerprint density at radius 1 is 1.38 bits per heavy atom. The summed E-state index contributed by atoms with van der Waals surface area (Å²) in [7, 11) is 4.19. The molecule has 134 valence electrons. The first-order chi connectivity index (χ1) is 11.4. The Morgan fingerprint density at radius 3 is 2.75 bits per heavy atom. The molecule has 24 heavy (non-hydrogen) atoms. The molecule has 5 nitrogen and oxygen atoms in total. The maximum Gasteiger partial charge on any atom is 0.217 e. The number of likely N-dealkylation sites (tertiary alicyclic amines) is 1. The molecule has 2 N–H and O–H groups in total. The summed E-state index contributed by atoms with van der Waals surface area (Å²) in [5.41, 5.74) is 1.39. The van der Waals surface area contributed by atoms with Gasteiger partial charge in [-0.05, 0) is 55.8 Å². The van der Waals surface area contributed by atoms with Gasteiger partial charge in [-0.3, -0.25) is 9.69 Å². The van der Waals surface area contributed by atoms with E-state index in [1.165, 1.54) is 17.4 Å². The van der Waals surface area contributed by atoms with E-state index >= 15 is 0 Å². The van der Waals surface area contributed by atoms with Gasteiger partial charge in [-0.25, -0.2) is 0 Å². The smallest absolute Gasteiger partial charge is 0.217 e. The number of carbonyl (C=O) groups excluding carboxylic acids is 1. The van der Waals surface area contributed by atoms with Gasteiger partial charge in [-0.2, -0.15) is 0 Å². The van der Waals surface area contributed by atoms with Gasteiger partial charge in [0.2, 0.25) is 5.91 Å². The van der Waals surface area contributed by atoms with Gasteiger partial charge in [0.15, 0.2) is 0 Å². The van der Waals surface area contributed by atoms with Crippen molar-refractivity contribution in [3.63, 3.8) is 0 Å². The number of hydrogen-bond donors (Lipinski definition) is 2. The molecule has 0 unspecified atom stereocenters. The predicted octanol–water partition coefficient (Wildman–Crippen LogP) is 1.52. The highest BCUT2D eigenvalue weighted by Gasteiger charge is 2.41. The Bertz CT molecular complexity index is 574. The lowest BCUT2D eigenvalue weighted by Crippen LogP contribution is -2.48. The van der Waals surface area contributed by atoms with Gasteiger partial charge in [0.25, 0.3) is 0 Å². The van der Waals surface area contributed by atoms with Crippen LogP contribution in [0.5, 0.6) is 0 Å². The highest BCUT2D eigenvalue weighted by Crippen LogP contribution is 2.37. The van der Waals surface area contributed by atoms with E-state index in [-0.39, 0.29) is 11.9 Å². The van der Waals surface area contributed by atoms with Crippen molar-refractivity contribution in [1.82, 2.24) is 15.1 Å². The van der Waals surface area contributed by atoms with Crippen LogP contribution in [-0.4, -0.2) is 60.1 Å². The maximum atomic E-state index is 11.3. The van der Waals surface area contributed by atoms with Crippen LogP contribution in [0.15, 0.2) is 11.4 Å². The molecule has 1 aromatic heterocycles. The van der Waals surface area contributed by atoms with E-state index in [1.54, 1.807) is 0 Å². The summed E-state index contributed by atoms with van der Waals surface area (Å²) >= 11 is 1.85. The number of nitrogens with zero attached hydrogens (tertiary/aromatic N) is 2. The fraction of sp³-hybridized carbons (Fsp3) is 0.722. The fourth-order valence-electron chi connectivity index (χ4n) is 4.25. The van der Waals surface area contributed by atoms with Gasteiger partial charge in [-0.1, -0.05) is 0 Å². The molecule has 0 spiro atoms. The van der Waals surface area contributed by atoms with E-state index in [0.717, 1.165) is 39.0 Å². The Hall–Kier alpha value is -0.950. The molecule has 2 heterocycles. The molecule has 2 fully saturated rings. The maximum absolute atomic E-state index is 11.3. The van der Waals surface area contributed by atoms with Gasteiger partial charge < -0.3 is 15.3 Å². The van der Waals surface area contributed by atoms with Crippen molar-refractivity contribution in [3.05, 3.63) is 21.9 Å². The average Bonchev–Trinajstić information content (AvgIpc) is 3.05. The summed E-state index contributed by atoms with van der Waals surface area (Å²) < 4.78 is 0. The second-order valence-corrected chi connectivity index (χ2v) is 8.71. The highest BCUT2D eigenvalue weighted by atomic mass is 32.1. The van der Waals surface area contributed by atoms with E-state index in [1.807, 2.05) is 11.3 Å². The van der Waals surface area contributed by atoms with Crippen LogP contribution in [0.4, 0.5) is 0 Å². The molecule has 2 aliphatic rings. The van der Waals surface area contributed by atoms with Crippen molar-refractivity contribution in [2.75, 3.05) is 27.2 Å². The van der Waals surface area contributed by atoms with E-state index in [2.05, 4.69) is 40.7 Å². The molecule has 1 saturated heterocycles. The normalized spacial score (nSPS) is 30.5. The number of nitrogens with one attached hydrogen (secondary N) is 1. The molecular weight excluding hydrogens is 322 g/mol. The summed E-state index contributed by atoms with van der Waals surface area (Å²) in [6.45, 7) is 5.67. The van der Waals surface area contributed by atoms with Crippen molar-refractivity contribution >= 4 is 17.2 Å². The zero-order valence-corrected chi connectivity index (χ0v) is 15.7. The van der Waals surface area contributed by atoms with E-state index in [9.17, 15) is 9.90 Å². The standard InChI is InChI=1S/C18H29N3O2S/c1-12(22)19-17-5-14-8-21(9-15(14)6-18(17)23)10-16-4-13(11-24-16)7-20(2)3/h4,11,14-15,17-18,23H,5-10H2,1-3H3,(H,19,22)/t14-,15+,17-,18-/m1/s1. The summed E-state index contributed by atoms with van der Waals surface area (Å²) in [5, 5.41) is 15.5. The third kappa shape index (κ3) is 4.36. The SMILES string of the molecule is CC(=O)N[C@@H]1C[C@@H]2CN(Cc3cc(CN(C)C)cs3)C[C@@H]2C[C@H]1O. The second-order valence-electron chi connectivity index (χ2n) is 7.72. The minimum Gasteiger partial charge on any atom is -0.391 e. The third-order valence-corrected chi connectivity index (χ3v) is 6.16. The molecule has 0 radical (unpaired) electrons. The second kappa shape index (κ2) is 7.52. The molecule has 3 rings (SSSR count). The summed E-state index contributed by atoms with van der Waals surface area (Å²) in [4.78, 5) is 17.4. The Balaban J connectivity index is 1.55. The van der Waals surface area contributed by atoms with Gasteiger partial charge in [-0.15, -0.1) is 11.3 Å². The molecule has 1 saturated carbocycles. The van der Waals surface area contributed by atoms with Crippen molar-refractivity contribution in [2.45, 2.75) is 45.0 Å². The fourth-order valence-corrected chi connectivity index (χ4v) is 5.17. The van der Waals surface area contributed by atoms with Gasteiger partial charge >= 0.3 is 0 Å². The van der Waals surface area contributed by atoms with Crippen LogP contribution in [0, 0.1) is 11.8 Å². The predicted molar refractivity (Wildman–Crippen MR) is 96.8 cm³/mol. The van der Waals surface area contributed by atoms with Crippen LogP contribution < -0.4 is 5.32 Å². The monoisotopic (exact) mass is 351 g/mol. The summed E-state index contributed by atoms with van der Waals surface area (Å²) in [5.74, 6) is 1.11. The summed E-state index contributed by atoms with van der Waals surface area (Å²) in [6.07, 6.45) is 1.31. The van der Waals surface area contributed by atoms with Gasteiger partial charge in [0.05, 0.1) is 12.1 Å². The first-order valence-corrected chi connectivity index (χ1v) is 9.67. The lowest BCUT2D eigenvalue weighted by Gasteiger charge is -2.35. The minimum absolute atomic E-state index is 0.0423. The Labute approximate surface area is 148 Å². The van der Waals surface area contributed by atoms with E-state index in [4.69, 9.17) is 0 Å². The van der Waals surface area contributed by atoms with Crippen LogP contribution in [-0.2, 0) is 17.9 Å². The molecule has 0 bridgehead atoms. The van der Waals surface area contributed by atoms with E-state index < -0.39 is 6.10 Å². The molecule has 1 aromatic rings. The number of aliphatic hydroxyl groups is 1. The average molecular weight is 352 g/mol. The Morgan fingerprint density at radius 2 is 2.08 bits per heavy atom. The van der Waals surface area contributed by atoms with Crippen LogP contribution in [0.25, 0.3) is 0 Å². The number of fused-ring (bicyclic) bond motifs is 1. The largest absolute Gasteiger partial charge is 0.391 e. The number of rotatable bonds is 5. The molecule has 1 aliphatic heterocycles. The van der Waals surface area contributed by atoms with Crippen molar-refractivity contribution in [1.29, 1.82) is 0 Å². The molecule has 4 atom stereocenters. The quantitative estimate of drug-likeness (QED) is 0.844. The van der Waals surface area contributed by atoms with Crippen molar-refractivity contribution < 1.29 is 9.90 Å². The van der Waals surface area contributed by atoms with Crippen LogP contribution in [0.2, 0.25) is 0 Å². The van der Waals surface area contributed by atoms with Crippen LogP contribution in [0.3, 0.4) is 0 Å². The molecule has 1 aliphatic carbocycles. The molecule has 1 amide bonds. The number of aliphatic hydroxyl groups excluding tert-OH is 1. The lowest BCUT2D eigenvalue weighted by atomic mass is 9.77. The number of carbonyl (C=O) groups is 1. The van der Waals surface area contributed by atoms with Crippen molar-refractivity contribution in [2.24, 2.45) is 11.8 Å². The van der Waals surface area contributed by atoms with Crippen LogP contribution in [0.1, 0.15) is 30.2 Å². The van der Waals surface area contributed by atoms with Gasteiger partial charge in [0, 0.05) is 38.0 Å². The molecule has 0 aromatic carbocycles. The van der Waals surface area contributed by atoms with Crippen molar-refractivity contribution in [3.8, 4) is 0 Å². The van der Waals surface area contributed by atoms with Crippen LogP contribution >= 0.6 is 11.3 Å². The zero-order valence-electron chi connectivity index (χ0n) is 14.9. The molecule has 6 heteroatoms. The first kappa shape index (κ1) is 17.9. The molecular formula is C18H29N3O2S. The zero-order chi connectivity index (χ0) is 17.3. The number of hydrogen-bond acceptors (Lipinski definition) is 5. The summed E-state index contributed by atoms with van der Waals surface area (Å²) in [6, 6.07) is 2.25. The van der Waals surface area contributed by atoms with E-state index in [0.29, 0.717) is 11.8 Å².